The van der Waals surface area contributed by atoms with Crippen molar-refractivity contribution in [1.82, 2.24) is 20.0 Å². The number of carbonyl (C=O) groups is 1. The molecule has 1 aromatic carbocycles. The Labute approximate surface area is 157 Å². The third kappa shape index (κ3) is 4.11. The molecule has 1 amide bonds. The minimum Gasteiger partial charge on any atom is -0.339 e. The standard InChI is InChI=1S/C21H20N4O2/c26-20(25-13-10-17(11-14-25)16-5-2-1-3-6-16)9-8-19-23-21(24-27-19)18-7-4-12-22-15-18/h1-7,10,12,15H,8-9,11,13-14H2. The van der Waals surface area contributed by atoms with Gasteiger partial charge in [-0.1, -0.05) is 41.6 Å². The molecule has 3 heterocycles. The van der Waals surface area contributed by atoms with Gasteiger partial charge in [0.15, 0.2) is 0 Å². The monoisotopic (exact) mass is 360 g/mol. The Kier molecular flexibility index (Phi) is 5.05. The average Bonchev–Trinajstić information content (AvgIpc) is 3.22. The second-order valence-electron chi connectivity index (χ2n) is 6.44. The third-order valence-corrected chi connectivity index (χ3v) is 4.65. The lowest BCUT2D eigenvalue weighted by Crippen LogP contribution is -2.34. The second kappa shape index (κ2) is 7.95. The number of hydrogen-bond donors (Lipinski definition) is 0. The second-order valence-corrected chi connectivity index (χ2v) is 6.44. The smallest absolute Gasteiger partial charge is 0.227 e. The van der Waals surface area contributed by atoms with E-state index >= 15 is 0 Å². The van der Waals surface area contributed by atoms with E-state index in [0.717, 1.165) is 18.5 Å². The van der Waals surface area contributed by atoms with Gasteiger partial charge < -0.3 is 9.42 Å². The topological polar surface area (TPSA) is 72.1 Å². The summed E-state index contributed by atoms with van der Waals surface area (Å²) < 4.78 is 5.26. The molecule has 3 aromatic rings. The van der Waals surface area contributed by atoms with Crippen LogP contribution in [-0.4, -0.2) is 39.0 Å². The number of amides is 1. The summed E-state index contributed by atoms with van der Waals surface area (Å²) in [6, 6.07) is 14.0. The van der Waals surface area contributed by atoms with E-state index in [9.17, 15) is 4.79 Å². The lowest BCUT2D eigenvalue weighted by atomic mass is 9.99. The van der Waals surface area contributed by atoms with Gasteiger partial charge in [-0.05, 0) is 29.7 Å². The van der Waals surface area contributed by atoms with Gasteiger partial charge in [-0.25, -0.2) is 0 Å². The Balaban J connectivity index is 1.32. The van der Waals surface area contributed by atoms with Crippen molar-refractivity contribution < 1.29 is 9.32 Å². The van der Waals surface area contributed by atoms with E-state index in [1.807, 2.05) is 35.2 Å². The lowest BCUT2D eigenvalue weighted by Gasteiger charge is -2.26. The first-order valence-electron chi connectivity index (χ1n) is 9.05. The Morgan fingerprint density at radius 3 is 2.70 bits per heavy atom. The van der Waals surface area contributed by atoms with Crippen LogP contribution in [0.4, 0.5) is 0 Å². The molecule has 0 N–H and O–H groups in total. The number of hydrogen-bond acceptors (Lipinski definition) is 5. The molecule has 0 radical (unpaired) electrons. The molecule has 27 heavy (non-hydrogen) atoms. The molecule has 1 aliphatic heterocycles. The van der Waals surface area contributed by atoms with E-state index in [1.54, 1.807) is 12.4 Å². The van der Waals surface area contributed by atoms with Crippen molar-refractivity contribution in [3.8, 4) is 11.4 Å². The van der Waals surface area contributed by atoms with Gasteiger partial charge in [-0.2, -0.15) is 4.98 Å². The Bertz CT molecular complexity index is 935. The molecule has 0 saturated carbocycles. The Morgan fingerprint density at radius 2 is 1.96 bits per heavy atom. The molecular formula is C21H20N4O2. The molecule has 0 atom stereocenters. The number of aromatic nitrogens is 3. The van der Waals surface area contributed by atoms with E-state index in [0.29, 0.717) is 31.1 Å². The number of benzene rings is 1. The maximum Gasteiger partial charge on any atom is 0.227 e. The molecule has 0 saturated heterocycles. The van der Waals surface area contributed by atoms with Gasteiger partial charge in [0.2, 0.25) is 17.6 Å². The largest absolute Gasteiger partial charge is 0.339 e. The van der Waals surface area contributed by atoms with E-state index in [4.69, 9.17) is 4.52 Å². The number of nitrogens with zero attached hydrogens (tertiary/aromatic N) is 4. The fourth-order valence-electron chi connectivity index (χ4n) is 3.15. The van der Waals surface area contributed by atoms with E-state index in [2.05, 4.69) is 33.3 Å². The summed E-state index contributed by atoms with van der Waals surface area (Å²) in [5.41, 5.74) is 3.34. The molecule has 0 aliphatic carbocycles. The van der Waals surface area contributed by atoms with Gasteiger partial charge in [0.1, 0.15) is 0 Å². The van der Waals surface area contributed by atoms with Gasteiger partial charge in [0.25, 0.3) is 0 Å². The van der Waals surface area contributed by atoms with Gasteiger partial charge in [-0.3, -0.25) is 9.78 Å². The van der Waals surface area contributed by atoms with Crippen LogP contribution in [0.25, 0.3) is 17.0 Å². The molecule has 1 aliphatic rings. The number of carbonyl (C=O) groups excluding carboxylic acids is 1. The summed E-state index contributed by atoms with van der Waals surface area (Å²) in [5, 5.41) is 3.96. The van der Waals surface area contributed by atoms with Gasteiger partial charge in [-0.15, -0.1) is 0 Å². The van der Waals surface area contributed by atoms with Crippen LogP contribution >= 0.6 is 0 Å². The maximum atomic E-state index is 12.5. The maximum absolute atomic E-state index is 12.5. The normalized spacial score (nSPS) is 14.1. The van der Waals surface area contributed by atoms with Crippen molar-refractivity contribution in [3.63, 3.8) is 0 Å². The summed E-state index contributed by atoms with van der Waals surface area (Å²) in [4.78, 5) is 22.8. The van der Waals surface area contributed by atoms with Crippen LogP contribution in [0.5, 0.6) is 0 Å². The summed E-state index contributed by atoms with van der Waals surface area (Å²) in [6.45, 7) is 1.39. The summed E-state index contributed by atoms with van der Waals surface area (Å²) >= 11 is 0. The number of rotatable bonds is 5. The molecule has 0 unspecified atom stereocenters. The van der Waals surface area contributed by atoms with Crippen LogP contribution in [-0.2, 0) is 11.2 Å². The SMILES string of the molecule is O=C(CCc1nc(-c2cccnc2)no1)N1CC=C(c2ccccc2)CC1. The lowest BCUT2D eigenvalue weighted by molar-refractivity contribution is -0.130. The zero-order valence-corrected chi connectivity index (χ0v) is 14.9. The minimum absolute atomic E-state index is 0.111. The van der Waals surface area contributed by atoms with Crippen molar-refractivity contribution in [2.45, 2.75) is 19.3 Å². The molecular weight excluding hydrogens is 340 g/mol. The van der Waals surface area contributed by atoms with Crippen molar-refractivity contribution >= 4 is 11.5 Å². The fraction of sp³-hybridized carbons (Fsp3) is 0.238. The highest BCUT2D eigenvalue weighted by molar-refractivity contribution is 5.78. The molecule has 136 valence electrons. The molecule has 0 spiro atoms. The van der Waals surface area contributed by atoms with E-state index in [1.165, 1.54) is 11.1 Å². The molecule has 6 nitrogen and oxygen atoms in total. The van der Waals surface area contributed by atoms with Crippen LogP contribution in [0.1, 0.15) is 24.3 Å². The highest BCUT2D eigenvalue weighted by atomic mass is 16.5. The first-order chi connectivity index (χ1) is 13.3. The predicted octanol–water partition coefficient (Wildman–Crippen LogP) is 3.38. The first-order valence-corrected chi connectivity index (χ1v) is 9.05. The Morgan fingerprint density at radius 1 is 1.11 bits per heavy atom. The number of aryl methyl sites for hydroxylation is 1. The highest BCUT2D eigenvalue weighted by Crippen LogP contribution is 2.22. The number of pyridine rings is 1. The Hall–Kier alpha value is -3.28. The van der Waals surface area contributed by atoms with Gasteiger partial charge in [0.05, 0.1) is 0 Å². The summed E-state index contributed by atoms with van der Waals surface area (Å²) in [5.74, 6) is 1.08. The quantitative estimate of drug-likeness (QED) is 0.697. The van der Waals surface area contributed by atoms with Crippen LogP contribution in [0.15, 0.2) is 65.5 Å². The first kappa shape index (κ1) is 17.1. The zero-order valence-electron chi connectivity index (χ0n) is 14.9. The van der Waals surface area contributed by atoms with Gasteiger partial charge >= 0.3 is 0 Å². The molecule has 0 fully saturated rings. The summed E-state index contributed by atoms with van der Waals surface area (Å²) in [7, 11) is 0. The van der Waals surface area contributed by atoms with Crippen molar-refractivity contribution in [2.24, 2.45) is 0 Å². The molecule has 6 heteroatoms. The summed E-state index contributed by atoms with van der Waals surface area (Å²) in [6.07, 6.45) is 7.20. The fourth-order valence-corrected chi connectivity index (χ4v) is 3.15. The molecule has 2 aromatic heterocycles. The van der Waals surface area contributed by atoms with Gasteiger partial charge in [0, 0.05) is 43.9 Å². The zero-order chi connectivity index (χ0) is 18.5. The molecule has 4 rings (SSSR count). The van der Waals surface area contributed by atoms with Crippen LogP contribution in [0, 0.1) is 0 Å². The van der Waals surface area contributed by atoms with E-state index in [-0.39, 0.29) is 5.91 Å². The molecule has 0 bridgehead atoms. The highest BCUT2D eigenvalue weighted by Gasteiger charge is 2.19. The third-order valence-electron chi connectivity index (χ3n) is 4.65. The average molecular weight is 360 g/mol. The van der Waals surface area contributed by atoms with Crippen molar-refractivity contribution in [3.05, 3.63) is 72.4 Å². The van der Waals surface area contributed by atoms with Crippen molar-refractivity contribution in [2.75, 3.05) is 13.1 Å². The predicted molar refractivity (Wildman–Crippen MR) is 101 cm³/mol. The van der Waals surface area contributed by atoms with Crippen LogP contribution in [0.2, 0.25) is 0 Å². The van der Waals surface area contributed by atoms with Crippen molar-refractivity contribution in [1.29, 1.82) is 0 Å². The minimum atomic E-state index is 0.111. The van der Waals surface area contributed by atoms with Crippen LogP contribution in [0.3, 0.4) is 0 Å². The van der Waals surface area contributed by atoms with E-state index < -0.39 is 0 Å². The van der Waals surface area contributed by atoms with Crippen LogP contribution < -0.4 is 0 Å².